The van der Waals surface area contributed by atoms with E-state index in [2.05, 4.69) is 0 Å². The minimum absolute atomic E-state index is 0.0530. The molecule has 1 aliphatic heterocycles. The number of rotatable bonds is 4. The third kappa shape index (κ3) is 2.67. The zero-order chi connectivity index (χ0) is 14.0. The van der Waals surface area contributed by atoms with Crippen LogP contribution >= 0.6 is 0 Å². The quantitative estimate of drug-likeness (QED) is 0.823. The molecule has 0 aromatic carbocycles. The molecule has 0 saturated carbocycles. The van der Waals surface area contributed by atoms with E-state index in [1.807, 2.05) is 35.6 Å². The Morgan fingerprint density at radius 2 is 2.16 bits per heavy atom. The van der Waals surface area contributed by atoms with Crippen LogP contribution in [0.25, 0.3) is 0 Å². The van der Waals surface area contributed by atoms with Crippen LogP contribution in [0.5, 0.6) is 0 Å². The van der Waals surface area contributed by atoms with Crippen molar-refractivity contribution in [1.82, 2.24) is 9.47 Å². The molecular formula is C14H22N2O3. The van der Waals surface area contributed by atoms with Crippen LogP contribution in [0.2, 0.25) is 0 Å². The van der Waals surface area contributed by atoms with Crippen LogP contribution in [0.3, 0.4) is 0 Å². The van der Waals surface area contributed by atoms with Gasteiger partial charge in [-0.1, -0.05) is 0 Å². The number of likely N-dealkylation sites (tertiary alicyclic amines) is 1. The summed E-state index contributed by atoms with van der Waals surface area (Å²) >= 11 is 0. The first kappa shape index (κ1) is 14.1. The Balaban J connectivity index is 2.19. The van der Waals surface area contributed by atoms with Gasteiger partial charge in [0.05, 0.1) is 18.8 Å². The molecule has 0 aliphatic carbocycles. The average Bonchev–Trinajstić information content (AvgIpc) is 2.95. The lowest BCUT2D eigenvalue weighted by atomic mass is 10.2. The molecule has 1 aliphatic rings. The number of ether oxygens (including phenoxy) is 2. The van der Waals surface area contributed by atoms with Crippen molar-refractivity contribution in [3.05, 3.63) is 23.5 Å². The minimum atomic E-state index is 0.0530. The normalized spacial score (nSPS) is 23.1. The largest absolute Gasteiger partial charge is 0.383 e. The molecule has 0 spiro atoms. The second kappa shape index (κ2) is 5.75. The summed E-state index contributed by atoms with van der Waals surface area (Å²) in [6.07, 6.45) is 0.935. The number of aromatic nitrogens is 1. The van der Waals surface area contributed by atoms with E-state index in [1.165, 1.54) is 0 Å². The van der Waals surface area contributed by atoms with Crippen molar-refractivity contribution >= 4 is 5.91 Å². The third-order valence-corrected chi connectivity index (χ3v) is 3.92. The van der Waals surface area contributed by atoms with Crippen LogP contribution in [-0.4, -0.2) is 54.9 Å². The van der Waals surface area contributed by atoms with Crippen LogP contribution in [-0.2, 0) is 16.5 Å². The van der Waals surface area contributed by atoms with E-state index in [0.717, 1.165) is 17.8 Å². The molecule has 1 aromatic heterocycles. The number of amides is 1. The maximum atomic E-state index is 12.6. The van der Waals surface area contributed by atoms with Gasteiger partial charge in [0.2, 0.25) is 0 Å². The smallest absolute Gasteiger partial charge is 0.270 e. The van der Waals surface area contributed by atoms with E-state index in [-0.39, 0.29) is 18.1 Å². The van der Waals surface area contributed by atoms with Gasteiger partial charge < -0.3 is 18.9 Å². The van der Waals surface area contributed by atoms with Gasteiger partial charge in [0.15, 0.2) is 0 Å². The summed E-state index contributed by atoms with van der Waals surface area (Å²) in [6, 6.07) is 3.93. The standard InChI is InChI=1S/C14H22N2O3/c1-10-5-6-13(15(10)2)14(17)16-8-12(19-4)7-11(16)9-18-3/h5-6,11-12H,7-9H2,1-4H3/t11-,12+/m0/s1. The summed E-state index contributed by atoms with van der Waals surface area (Å²) in [5, 5.41) is 0. The van der Waals surface area contributed by atoms with Crippen molar-refractivity contribution < 1.29 is 14.3 Å². The maximum Gasteiger partial charge on any atom is 0.270 e. The van der Waals surface area contributed by atoms with Gasteiger partial charge in [0, 0.05) is 33.5 Å². The van der Waals surface area contributed by atoms with Crippen molar-refractivity contribution in [2.24, 2.45) is 7.05 Å². The monoisotopic (exact) mass is 266 g/mol. The average molecular weight is 266 g/mol. The highest BCUT2D eigenvalue weighted by Crippen LogP contribution is 2.23. The van der Waals surface area contributed by atoms with Crippen molar-refractivity contribution in [2.75, 3.05) is 27.4 Å². The molecule has 0 bridgehead atoms. The molecule has 0 N–H and O–H groups in total. The fraction of sp³-hybridized carbons (Fsp3) is 0.643. The van der Waals surface area contributed by atoms with Gasteiger partial charge in [-0.2, -0.15) is 0 Å². The molecule has 0 unspecified atom stereocenters. The molecule has 1 saturated heterocycles. The molecule has 1 aromatic rings. The molecule has 2 rings (SSSR count). The SMILES string of the molecule is COC[C@@H]1C[C@@H](OC)CN1C(=O)c1ccc(C)n1C. The van der Waals surface area contributed by atoms with Crippen molar-refractivity contribution in [3.8, 4) is 0 Å². The Hall–Kier alpha value is -1.33. The third-order valence-electron chi connectivity index (χ3n) is 3.92. The molecule has 5 nitrogen and oxygen atoms in total. The van der Waals surface area contributed by atoms with Crippen LogP contribution in [0.4, 0.5) is 0 Å². The summed E-state index contributed by atoms with van der Waals surface area (Å²) in [6.45, 7) is 3.17. The zero-order valence-corrected chi connectivity index (χ0v) is 12.0. The topological polar surface area (TPSA) is 43.7 Å². The summed E-state index contributed by atoms with van der Waals surface area (Å²) in [4.78, 5) is 14.5. The van der Waals surface area contributed by atoms with Crippen LogP contribution in [0.15, 0.2) is 12.1 Å². The molecular weight excluding hydrogens is 244 g/mol. The summed E-state index contributed by atoms with van der Waals surface area (Å²) in [5.41, 5.74) is 1.80. The van der Waals surface area contributed by atoms with Gasteiger partial charge >= 0.3 is 0 Å². The second-order valence-electron chi connectivity index (χ2n) is 5.08. The van der Waals surface area contributed by atoms with Crippen molar-refractivity contribution in [3.63, 3.8) is 0 Å². The molecule has 1 fully saturated rings. The van der Waals surface area contributed by atoms with Gasteiger partial charge in [-0.3, -0.25) is 4.79 Å². The number of nitrogens with zero attached hydrogens (tertiary/aromatic N) is 2. The number of hydrogen-bond donors (Lipinski definition) is 0. The predicted octanol–water partition coefficient (Wildman–Crippen LogP) is 1.21. The Labute approximate surface area is 114 Å². The zero-order valence-electron chi connectivity index (χ0n) is 12.0. The number of carbonyl (C=O) groups is 1. The minimum Gasteiger partial charge on any atom is -0.383 e. The lowest BCUT2D eigenvalue weighted by Gasteiger charge is -2.24. The van der Waals surface area contributed by atoms with Gasteiger partial charge in [-0.25, -0.2) is 0 Å². The Bertz CT molecular complexity index is 456. The van der Waals surface area contributed by atoms with Crippen molar-refractivity contribution in [1.29, 1.82) is 0 Å². The number of carbonyl (C=O) groups excluding carboxylic acids is 1. The number of aryl methyl sites for hydroxylation is 1. The van der Waals surface area contributed by atoms with E-state index >= 15 is 0 Å². The van der Waals surface area contributed by atoms with E-state index < -0.39 is 0 Å². The highest BCUT2D eigenvalue weighted by molar-refractivity contribution is 5.93. The maximum absolute atomic E-state index is 12.6. The summed E-state index contributed by atoms with van der Waals surface area (Å²) in [5.74, 6) is 0.0530. The van der Waals surface area contributed by atoms with Crippen LogP contribution in [0.1, 0.15) is 22.6 Å². The molecule has 2 atom stereocenters. The Morgan fingerprint density at radius 1 is 1.42 bits per heavy atom. The molecule has 19 heavy (non-hydrogen) atoms. The Kier molecular flexibility index (Phi) is 4.27. The van der Waals surface area contributed by atoms with E-state index in [9.17, 15) is 4.79 Å². The molecule has 5 heteroatoms. The van der Waals surface area contributed by atoms with Crippen LogP contribution < -0.4 is 0 Å². The van der Waals surface area contributed by atoms with E-state index in [1.54, 1.807) is 14.2 Å². The highest BCUT2D eigenvalue weighted by Gasteiger charge is 2.36. The first-order chi connectivity index (χ1) is 9.08. The molecule has 2 heterocycles. The van der Waals surface area contributed by atoms with Gasteiger partial charge in [-0.05, 0) is 25.5 Å². The van der Waals surface area contributed by atoms with Gasteiger partial charge in [0.25, 0.3) is 5.91 Å². The van der Waals surface area contributed by atoms with Crippen LogP contribution in [0, 0.1) is 6.92 Å². The summed E-state index contributed by atoms with van der Waals surface area (Å²) in [7, 11) is 5.27. The fourth-order valence-corrected chi connectivity index (χ4v) is 2.62. The first-order valence-corrected chi connectivity index (χ1v) is 6.53. The second-order valence-corrected chi connectivity index (χ2v) is 5.08. The predicted molar refractivity (Wildman–Crippen MR) is 72.3 cm³/mol. The molecule has 106 valence electrons. The van der Waals surface area contributed by atoms with E-state index in [4.69, 9.17) is 9.47 Å². The summed E-state index contributed by atoms with van der Waals surface area (Å²) < 4.78 is 12.5. The highest BCUT2D eigenvalue weighted by atomic mass is 16.5. The fourth-order valence-electron chi connectivity index (χ4n) is 2.62. The molecule has 1 amide bonds. The van der Waals surface area contributed by atoms with E-state index in [0.29, 0.717) is 13.2 Å². The Morgan fingerprint density at radius 3 is 2.68 bits per heavy atom. The van der Waals surface area contributed by atoms with Gasteiger partial charge in [0.1, 0.15) is 5.69 Å². The lowest BCUT2D eigenvalue weighted by molar-refractivity contribution is 0.0603. The lowest BCUT2D eigenvalue weighted by Crippen LogP contribution is -2.39. The molecule has 0 radical (unpaired) electrons. The number of methoxy groups -OCH3 is 2. The first-order valence-electron chi connectivity index (χ1n) is 6.53. The van der Waals surface area contributed by atoms with Crippen molar-refractivity contribution in [2.45, 2.75) is 25.5 Å². The van der Waals surface area contributed by atoms with Gasteiger partial charge in [-0.15, -0.1) is 0 Å². The number of hydrogen-bond acceptors (Lipinski definition) is 3.